The van der Waals surface area contributed by atoms with Gasteiger partial charge in [0.15, 0.2) is 0 Å². The number of nitrogens with one attached hydrogen (secondary N) is 1. The molecule has 0 aromatic carbocycles. The van der Waals surface area contributed by atoms with Crippen molar-refractivity contribution in [1.82, 2.24) is 4.98 Å². The molecule has 2 nitrogen and oxygen atoms in total. The molecule has 0 aliphatic carbocycles. The molecule has 1 N–H and O–H groups in total. The van der Waals surface area contributed by atoms with E-state index in [0.29, 0.717) is 0 Å². The normalized spacial score (nSPS) is 11.3. The Balaban J connectivity index is 1.80. The second-order valence-corrected chi connectivity index (χ2v) is 8.51. The third-order valence-electron chi connectivity index (χ3n) is 5.87. The Morgan fingerprint density at radius 2 is 1.04 bits per heavy atom. The highest BCUT2D eigenvalue weighted by Gasteiger charge is 2.08. The summed E-state index contributed by atoms with van der Waals surface area (Å²) in [4.78, 5) is 3.41. The van der Waals surface area contributed by atoms with Crippen LogP contribution in [0.1, 0.15) is 135 Å². The first-order chi connectivity index (χ1) is 13.4. The van der Waals surface area contributed by atoms with Crippen molar-refractivity contribution < 1.29 is 4.57 Å². The van der Waals surface area contributed by atoms with Crippen molar-refractivity contribution in [3.8, 4) is 0 Å². The molecule has 0 atom stereocenters. The maximum absolute atomic E-state index is 3.41. The van der Waals surface area contributed by atoms with E-state index >= 15 is 0 Å². The summed E-state index contributed by atoms with van der Waals surface area (Å²) < 4.78 is 2.43. The van der Waals surface area contributed by atoms with Gasteiger partial charge in [0.05, 0.1) is 6.54 Å². The van der Waals surface area contributed by atoms with Crippen molar-refractivity contribution in [2.75, 3.05) is 0 Å². The molecular formula is C25H49N2+. The van der Waals surface area contributed by atoms with E-state index in [2.05, 4.69) is 35.8 Å². The fourth-order valence-electron chi connectivity index (χ4n) is 4.00. The Hall–Kier alpha value is -0.790. The van der Waals surface area contributed by atoms with Gasteiger partial charge >= 0.3 is 0 Å². The van der Waals surface area contributed by atoms with E-state index in [-0.39, 0.29) is 0 Å². The van der Waals surface area contributed by atoms with E-state index in [9.17, 15) is 0 Å². The Morgan fingerprint density at radius 3 is 1.52 bits per heavy atom. The third kappa shape index (κ3) is 13.9. The predicted molar refractivity (Wildman–Crippen MR) is 119 cm³/mol. The van der Waals surface area contributed by atoms with Gasteiger partial charge in [0.25, 0.3) is 5.82 Å². The molecule has 0 aliphatic rings. The first-order valence-electron chi connectivity index (χ1n) is 12.4. The Bertz CT molecular complexity index is 410. The standard InChI is InChI=1S/C25H48N2/c1-3-5-7-8-9-10-11-12-13-14-15-16-17-18-19-20-23-27-24-22-26-25(27)21-6-4-2/h22,24H,3-21,23H2,1-2H3/p+1. The minimum atomic E-state index is 1.20. The minimum Gasteiger partial charge on any atom is -0.248 e. The molecule has 1 rings (SSSR count). The highest BCUT2D eigenvalue weighted by atomic mass is 15.1. The molecule has 0 amide bonds. The number of rotatable bonds is 20. The fourth-order valence-corrected chi connectivity index (χ4v) is 4.00. The van der Waals surface area contributed by atoms with Crippen molar-refractivity contribution in [3.63, 3.8) is 0 Å². The van der Waals surface area contributed by atoms with Crippen molar-refractivity contribution in [1.29, 1.82) is 0 Å². The van der Waals surface area contributed by atoms with Gasteiger partial charge in [-0.05, 0) is 19.3 Å². The number of hydrogen-bond acceptors (Lipinski definition) is 0. The van der Waals surface area contributed by atoms with Gasteiger partial charge in [0.1, 0.15) is 12.4 Å². The second kappa shape index (κ2) is 18.6. The van der Waals surface area contributed by atoms with Crippen molar-refractivity contribution in [2.45, 2.75) is 142 Å². The van der Waals surface area contributed by atoms with Crippen molar-refractivity contribution in [2.24, 2.45) is 0 Å². The van der Waals surface area contributed by atoms with Crippen LogP contribution < -0.4 is 4.57 Å². The van der Waals surface area contributed by atoms with E-state index in [1.807, 2.05) is 0 Å². The van der Waals surface area contributed by atoms with Crippen LogP contribution >= 0.6 is 0 Å². The summed E-state index contributed by atoms with van der Waals surface area (Å²) in [5.41, 5.74) is 0. The van der Waals surface area contributed by atoms with E-state index in [1.54, 1.807) is 0 Å². The lowest BCUT2D eigenvalue weighted by atomic mass is 10.0. The van der Waals surface area contributed by atoms with Crippen LogP contribution in [0.2, 0.25) is 0 Å². The number of imidazole rings is 1. The largest absolute Gasteiger partial charge is 0.254 e. The van der Waals surface area contributed by atoms with Crippen molar-refractivity contribution >= 4 is 0 Å². The Morgan fingerprint density at radius 1 is 0.593 bits per heavy atom. The molecule has 1 aromatic rings. The van der Waals surface area contributed by atoms with Crippen LogP contribution in [0, 0.1) is 0 Å². The number of hydrogen-bond donors (Lipinski definition) is 1. The molecule has 0 aliphatic heterocycles. The summed E-state index contributed by atoms with van der Waals surface area (Å²) in [6.45, 7) is 5.76. The lowest BCUT2D eigenvalue weighted by molar-refractivity contribution is -0.703. The van der Waals surface area contributed by atoms with Crippen LogP contribution in [0.5, 0.6) is 0 Å². The molecule has 0 unspecified atom stereocenters. The quantitative estimate of drug-likeness (QED) is 0.176. The topological polar surface area (TPSA) is 19.7 Å². The zero-order valence-electron chi connectivity index (χ0n) is 18.7. The maximum Gasteiger partial charge on any atom is 0.254 e. The Kier molecular flexibility index (Phi) is 16.7. The lowest BCUT2D eigenvalue weighted by Crippen LogP contribution is -2.36. The monoisotopic (exact) mass is 377 g/mol. The smallest absolute Gasteiger partial charge is 0.248 e. The fraction of sp³-hybridized carbons (Fsp3) is 0.880. The highest BCUT2D eigenvalue weighted by Crippen LogP contribution is 2.13. The van der Waals surface area contributed by atoms with Gasteiger partial charge in [0, 0.05) is 6.42 Å². The van der Waals surface area contributed by atoms with Gasteiger partial charge in [-0.2, -0.15) is 0 Å². The summed E-state index contributed by atoms with van der Waals surface area (Å²) in [7, 11) is 0. The number of unbranched alkanes of at least 4 members (excludes halogenated alkanes) is 16. The van der Waals surface area contributed by atoms with Crippen LogP contribution in [0.15, 0.2) is 12.4 Å². The van der Waals surface area contributed by atoms with Crippen LogP contribution in [0.3, 0.4) is 0 Å². The van der Waals surface area contributed by atoms with Gasteiger partial charge < -0.3 is 0 Å². The molecule has 0 fully saturated rings. The highest BCUT2D eigenvalue weighted by molar-refractivity contribution is 4.77. The van der Waals surface area contributed by atoms with Gasteiger partial charge in [-0.25, -0.2) is 9.55 Å². The first-order valence-corrected chi connectivity index (χ1v) is 12.4. The summed E-state index contributed by atoms with van der Waals surface area (Å²) in [5.74, 6) is 1.41. The molecule has 0 saturated heterocycles. The minimum absolute atomic E-state index is 1.20. The van der Waals surface area contributed by atoms with Crippen LogP contribution in [0.25, 0.3) is 0 Å². The molecule has 0 saturated carbocycles. The molecule has 1 aromatic heterocycles. The van der Waals surface area contributed by atoms with Gasteiger partial charge in [-0.1, -0.05) is 110 Å². The Labute approximate surface area is 170 Å². The summed E-state index contributed by atoms with van der Waals surface area (Å²) >= 11 is 0. The molecule has 0 radical (unpaired) electrons. The molecule has 27 heavy (non-hydrogen) atoms. The van der Waals surface area contributed by atoms with Crippen LogP contribution in [-0.2, 0) is 13.0 Å². The first kappa shape index (κ1) is 24.2. The SMILES string of the molecule is CCCCCCCCCCCCCCCCCC[n+]1cc[nH]c1CCCC. The van der Waals surface area contributed by atoms with Gasteiger partial charge in [-0.3, -0.25) is 0 Å². The zero-order chi connectivity index (χ0) is 19.4. The number of aromatic nitrogens is 2. The second-order valence-electron chi connectivity index (χ2n) is 8.51. The zero-order valence-corrected chi connectivity index (χ0v) is 18.7. The van der Waals surface area contributed by atoms with Crippen molar-refractivity contribution in [3.05, 3.63) is 18.2 Å². The van der Waals surface area contributed by atoms with Gasteiger partial charge in [-0.15, -0.1) is 0 Å². The molecule has 0 spiro atoms. The number of nitrogens with zero attached hydrogens (tertiary/aromatic N) is 1. The molecular weight excluding hydrogens is 328 g/mol. The average Bonchev–Trinajstić information content (AvgIpc) is 3.13. The van der Waals surface area contributed by atoms with E-state index in [4.69, 9.17) is 0 Å². The summed E-state index contributed by atoms with van der Waals surface area (Å²) in [6.07, 6.45) is 31.2. The maximum atomic E-state index is 3.41. The van der Waals surface area contributed by atoms with E-state index in [1.165, 1.54) is 134 Å². The summed E-state index contributed by atoms with van der Waals surface area (Å²) in [6, 6.07) is 0. The number of H-pyrrole nitrogens is 1. The van der Waals surface area contributed by atoms with Gasteiger partial charge in [0.2, 0.25) is 0 Å². The van der Waals surface area contributed by atoms with E-state index < -0.39 is 0 Å². The third-order valence-corrected chi connectivity index (χ3v) is 5.87. The average molecular weight is 378 g/mol. The molecule has 1 heterocycles. The van der Waals surface area contributed by atoms with Crippen LogP contribution in [0.4, 0.5) is 0 Å². The molecule has 158 valence electrons. The van der Waals surface area contributed by atoms with E-state index in [0.717, 1.165) is 0 Å². The molecule has 2 heteroatoms. The number of aryl methyl sites for hydroxylation is 2. The predicted octanol–water partition coefficient (Wildman–Crippen LogP) is 7.91. The summed E-state index contributed by atoms with van der Waals surface area (Å²) in [5, 5.41) is 0. The number of aromatic amines is 1. The van der Waals surface area contributed by atoms with Crippen LogP contribution in [-0.4, -0.2) is 4.98 Å². The lowest BCUT2D eigenvalue weighted by Gasteiger charge is -2.04. The molecule has 0 bridgehead atoms.